The molecule has 3 N–H and O–H groups in total. The first-order chi connectivity index (χ1) is 14.4. The van der Waals surface area contributed by atoms with Gasteiger partial charge in [-0.25, -0.2) is 4.79 Å². The number of ether oxygens (including phenoxy) is 1. The summed E-state index contributed by atoms with van der Waals surface area (Å²) in [7, 11) is 0. The maximum absolute atomic E-state index is 12.0. The van der Waals surface area contributed by atoms with Gasteiger partial charge in [0.05, 0.1) is 6.54 Å². The maximum Gasteiger partial charge on any atom is 0.336 e. The van der Waals surface area contributed by atoms with Crippen LogP contribution in [0.4, 0.5) is 0 Å². The smallest absolute Gasteiger partial charge is 0.336 e. The van der Waals surface area contributed by atoms with Gasteiger partial charge in [-0.05, 0) is 23.3 Å². The molecule has 2 amide bonds. The molecule has 0 fully saturated rings. The number of amides is 2. The van der Waals surface area contributed by atoms with Gasteiger partial charge in [0.15, 0.2) is 6.61 Å². The molecule has 0 saturated carbocycles. The third-order valence-corrected chi connectivity index (χ3v) is 4.05. The Balaban J connectivity index is 1.65. The summed E-state index contributed by atoms with van der Waals surface area (Å²) in [4.78, 5) is 45.5. The molecule has 0 unspecified atom stereocenters. The standard InChI is InChI=1S/C21H18N2O7/c24-18(23-11-20(26)27)10-22-19(25)12-29-14-6-7-15-16(13-4-2-1-3-5-13)9-21(28)30-17(15)8-14/h1-9H,10-12H2,(H,22,25)(H,23,24)(H,26,27). The van der Waals surface area contributed by atoms with E-state index in [2.05, 4.69) is 10.6 Å². The molecule has 30 heavy (non-hydrogen) atoms. The van der Waals surface area contributed by atoms with Gasteiger partial charge in [0, 0.05) is 17.5 Å². The molecular formula is C21H18N2O7. The van der Waals surface area contributed by atoms with Crippen LogP contribution in [0.1, 0.15) is 0 Å². The molecule has 0 aliphatic carbocycles. The zero-order valence-corrected chi connectivity index (χ0v) is 15.7. The third-order valence-electron chi connectivity index (χ3n) is 4.05. The minimum Gasteiger partial charge on any atom is -0.484 e. The van der Waals surface area contributed by atoms with Crippen molar-refractivity contribution >= 4 is 28.8 Å². The van der Waals surface area contributed by atoms with Crippen LogP contribution in [0.25, 0.3) is 22.1 Å². The number of carboxylic acid groups (broad SMARTS) is 1. The molecule has 0 aliphatic heterocycles. The van der Waals surface area contributed by atoms with Gasteiger partial charge in [-0.2, -0.15) is 0 Å². The Hall–Kier alpha value is -4.14. The molecule has 154 valence electrons. The van der Waals surface area contributed by atoms with E-state index in [0.717, 1.165) is 11.1 Å². The first kappa shape index (κ1) is 20.6. The predicted octanol–water partition coefficient (Wildman–Crippen LogP) is 1.16. The number of hydrogen-bond donors (Lipinski definition) is 3. The Labute approximate surface area is 170 Å². The summed E-state index contributed by atoms with van der Waals surface area (Å²) in [6, 6.07) is 15.7. The van der Waals surface area contributed by atoms with Crippen molar-refractivity contribution in [1.82, 2.24) is 10.6 Å². The van der Waals surface area contributed by atoms with E-state index in [1.54, 1.807) is 12.1 Å². The summed E-state index contributed by atoms with van der Waals surface area (Å²) in [6.45, 7) is -1.28. The van der Waals surface area contributed by atoms with Crippen LogP contribution in [-0.2, 0) is 14.4 Å². The Bertz CT molecular complexity index is 1140. The van der Waals surface area contributed by atoms with E-state index < -0.39 is 30.0 Å². The van der Waals surface area contributed by atoms with Gasteiger partial charge in [-0.1, -0.05) is 30.3 Å². The van der Waals surface area contributed by atoms with Gasteiger partial charge in [0.25, 0.3) is 5.91 Å². The van der Waals surface area contributed by atoms with Crippen molar-refractivity contribution in [2.45, 2.75) is 0 Å². The zero-order chi connectivity index (χ0) is 21.5. The van der Waals surface area contributed by atoms with E-state index in [9.17, 15) is 19.2 Å². The topological polar surface area (TPSA) is 135 Å². The van der Waals surface area contributed by atoms with Gasteiger partial charge in [-0.15, -0.1) is 0 Å². The van der Waals surface area contributed by atoms with E-state index >= 15 is 0 Å². The van der Waals surface area contributed by atoms with Crippen molar-refractivity contribution in [2.75, 3.05) is 19.7 Å². The average Bonchev–Trinajstić information content (AvgIpc) is 2.74. The fourth-order valence-electron chi connectivity index (χ4n) is 2.70. The highest BCUT2D eigenvalue weighted by molar-refractivity contribution is 5.93. The first-order valence-electron chi connectivity index (χ1n) is 8.93. The molecule has 3 aromatic rings. The fraction of sp³-hybridized carbons (Fsp3) is 0.143. The van der Waals surface area contributed by atoms with Crippen molar-refractivity contribution < 1.29 is 28.6 Å². The Morgan fingerprint density at radius 2 is 1.67 bits per heavy atom. The van der Waals surface area contributed by atoms with Gasteiger partial charge in [-0.3, -0.25) is 14.4 Å². The number of nitrogens with one attached hydrogen (secondary N) is 2. The van der Waals surface area contributed by atoms with Crippen LogP contribution in [0.15, 0.2) is 63.8 Å². The number of fused-ring (bicyclic) bond motifs is 1. The fourth-order valence-corrected chi connectivity index (χ4v) is 2.70. The Kier molecular flexibility index (Phi) is 6.43. The minimum absolute atomic E-state index is 0.307. The van der Waals surface area contributed by atoms with E-state index in [-0.39, 0.29) is 13.2 Å². The number of carbonyl (C=O) groups is 3. The van der Waals surface area contributed by atoms with Gasteiger partial charge in [0.1, 0.15) is 17.9 Å². The van der Waals surface area contributed by atoms with E-state index in [0.29, 0.717) is 16.7 Å². The van der Waals surface area contributed by atoms with Crippen molar-refractivity contribution in [3.8, 4) is 16.9 Å². The van der Waals surface area contributed by atoms with Crippen LogP contribution in [0.2, 0.25) is 0 Å². The van der Waals surface area contributed by atoms with E-state index in [4.69, 9.17) is 14.3 Å². The summed E-state index contributed by atoms with van der Waals surface area (Å²) in [5.74, 6) is -2.08. The van der Waals surface area contributed by atoms with E-state index in [1.165, 1.54) is 12.1 Å². The lowest BCUT2D eigenvalue weighted by molar-refractivity contribution is -0.137. The van der Waals surface area contributed by atoms with Gasteiger partial charge < -0.3 is 24.9 Å². The molecule has 1 heterocycles. The van der Waals surface area contributed by atoms with Crippen molar-refractivity contribution in [2.24, 2.45) is 0 Å². The molecule has 0 saturated heterocycles. The van der Waals surface area contributed by atoms with Crippen LogP contribution < -0.4 is 21.0 Å². The highest BCUT2D eigenvalue weighted by Crippen LogP contribution is 2.29. The lowest BCUT2D eigenvalue weighted by atomic mass is 10.0. The largest absolute Gasteiger partial charge is 0.484 e. The van der Waals surface area contributed by atoms with Gasteiger partial charge in [0.2, 0.25) is 5.91 Å². The van der Waals surface area contributed by atoms with Crippen LogP contribution in [0.3, 0.4) is 0 Å². The normalized spacial score (nSPS) is 10.4. The number of carboxylic acids is 1. The third kappa shape index (κ3) is 5.44. The summed E-state index contributed by atoms with van der Waals surface area (Å²) in [5.41, 5.74) is 1.39. The molecule has 3 rings (SSSR count). The SMILES string of the molecule is O=C(O)CNC(=O)CNC(=O)COc1ccc2c(-c3ccccc3)cc(=O)oc2c1. The lowest BCUT2D eigenvalue weighted by Crippen LogP contribution is -2.40. The quantitative estimate of drug-likeness (QED) is 0.474. The summed E-state index contributed by atoms with van der Waals surface area (Å²) >= 11 is 0. The maximum atomic E-state index is 12.0. The molecule has 1 aromatic heterocycles. The van der Waals surface area contributed by atoms with Crippen molar-refractivity contribution in [3.05, 3.63) is 65.0 Å². The second kappa shape index (κ2) is 9.37. The van der Waals surface area contributed by atoms with Crippen LogP contribution >= 0.6 is 0 Å². The number of hydrogen-bond acceptors (Lipinski definition) is 6. The number of aliphatic carboxylic acids is 1. The van der Waals surface area contributed by atoms with E-state index in [1.807, 2.05) is 30.3 Å². The molecule has 9 nitrogen and oxygen atoms in total. The molecular weight excluding hydrogens is 392 g/mol. The van der Waals surface area contributed by atoms with Crippen molar-refractivity contribution in [1.29, 1.82) is 0 Å². The minimum atomic E-state index is -1.18. The monoisotopic (exact) mass is 410 g/mol. The van der Waals surface area contributed by atoms with Crippen LogP contribution in [0.5, 0.6) is 5.75 Å². The van der Waals surface area contributed by atoms with Gasteiger partial charge >= 0.3 is 11.6 Å². The lowest BCUT2D eigenvalue weighted by Gasteiger charge is -2.09. The Morgan fingerprint density at radius 1 is 0.933 bits per heavy atom. The second-order valence-corrected chi connectivity index (χ2v) is 6.24. The summed E-state index contributed by atoms with van der Waals surface area (Å²) in [5, 5.41) is 13.6. The predicted molar refractivity (Wildman–Crippen MR) is 107 cm³/mol. The highest BCUT2D eigenvalue weighted by atomic mass is 16.5. The first-order valence-corrected chi connectivity index (χ1v) is 8.93. The second-order valence-electron chi connectivity index (χ2n) is 6.24. The van der Waals surface area contributed by atoms with Crippen LogP contribution in [-0.4, -0.2) is 42.6 Å². The Morgan fingerprint density at radius 3 is 2.40 bits per heavy atom. The number of rotatable bonds is 8. The summed E-state index contributed by atoms with van der Waals surface area (Å²) < 4.78 is 10.7. The summed E-state index contributed by atoms with van der Waals surface area (Å²) in [6.07, 6.45) is 0. The highest BCUT2D eigenvalue weighted by Gasteiger charge is 2.11. The molecule has 9 heteroatoms. The zero-order valence-electron chi connectivity index (χ0n) is 15.7. The molecule has 0 radical (unpaired) electrons. The molecule has 0 atom stereocenters. The number of benzene rings is 2. The molecule has 0 spiro atoms. The number of carbonyl (C=O) groups excluding carboxylic acids is 2. The van der Waals surface area contributed by atoms with Crippen LogP contribution in [0, 0.1) is 0 Å². The molecule has 0 aliphatic rings. The molecule has 0 bridgehead atoms. The molecule has 2 aromatic carbocycles. The van der Waals surface area contributed by atoms with Crippen molar-refractivity contribution in [3.63, 3.8) is 0 Å². The average molecular weight is 410 g/mol.